The van der Waals surface area contributed by atoms with E-state index in [2.05, 4.69) is 9.50 Å². The lowest BCUT2D eigenvalue weighted by Gasteiger charge is -2.09. The maximum Gasteiger partial charge on any atom is 0.292 e. The van der Waals surface area contributed by atoms with Gasteiger partial charge in [0.05, 0.1) is 17.8 Å². The molecule has 0 unspecified atom stereocenters. The second kappa shape index (κ2) is 8.84. The van der Waals surface area contributed by atoms with Gasteiger partial charge in [-0.1, -0.05) is 24.3 Å². The lowest BCUT2D eigenvalue weighted by molar-refractivity contribution is -0.384. The van der Waals surface area contributed by atoms with Gasteiger partial charge in [0.2, 0.25) is 0 Å². The molecule has 134 valence electrons. The summed E-state index contributed by atoms with van der Waals surface area (Å²) in [7, 11) is -3.60. The highest BCUT2D eigenvalue weighted by Crippen LogP contribution is 2.26. The van der Waals surface area contributed by atoms with Crippen LogP contribution in [0, 0.1) is 10.1 Å². The Kier molecular flexibility index (Phi) is 6.80. The first-order valence-corrected chi connectivity index (χ1v) is 10.2. The molecule has 0 aromatic heterocycles. The van der Waals surface area contributed by atoms with E-state index in [9.17, 15) is 18.5 Å². The van der Waals surface area contributed by atoms with Gasteiger partial charge in [-0.2, -0.15) is 8.42 Å². The fourth-order valence-corrected chi connectivity index (χ4v) is 3.15. The van der Waals surface area contributed by atoms with Gasteiger partial charge in [0, 0.05) is 23.3 Å². The highest BCUT2D eigenvalue weighted by atomic mass is 32.2. The van der Waals surface area contributed by atoms with Crippen LogP contribution in [0.5, 0.6) is 0 Å². The molecule has 0 aliphatic heterocycles. The number of nitro benzene ring substituents is 1. The van der Waals surface area contributed by atoms with Crippen molar-refractivity contribution in [2.75, 3.05) is 23.9 Å². The Balaban J connectivity index is 1.96. The van der Waals surface area contributed by atoms with Gasteiger partial charge >= 0.3 is 0 Å². The van der Waals surface area contributed by atoms with Crippen LogP contribution in [0.25, 0.3) is 0 Å². The van der Waals surface area contributed by atoms with Crippen molar-refractivity contribution in [2.45, 2.75) is 11.5 Å². The Labute approximate surface area is 150 Å². The van der Waals surface area contributed by atoms with Crippen molar-refractivity contribution in [3.05, 3.63) is 64.2 Å². The number of nitro groups is 1. The number of rotatable bonds is 9. The van der Waals surface area contributed by atoms with Crippen molar-refractivity contribution in [1.82, 2.24) is 0 Å². The molecule has 0 saturated heterocycles. The van der Waals surface area contributed by atoms with Gasteiger partial charge in [-0.05, 0) is 23.8 Å². The molecule has 2 aromatic carbocycles. The predicted octanol–water partition coefficient (Wildman–Crippen LogP) is 3.28. The minimum Gasteiger partial charge on any atom is -0.379 e. The van der Waals surface area contributed by atoms with Gasteiger partial charge in [-0.25, -0.2) is 0 Å². The summed E-state index contributed by atoms with van der Waals surface area (Å²) in [5, 5.41) is 14.3. The molecule has 0 atom stereocenters. The Morgan fingerprint density at radius 2 is 1.92 bits per heavy atom. The summed E-state index contributed by atoms with van der Waals surface area (Å²) in [6.07, 6.45) is 0.932. The van der Waals surface area contributed by atoms with E-state index in [0.29, 0.717) is 17.8 Å². The smallest absolute Gasteiger partial charge is 0.292 e. The van der Waals surface area contributed by atoms with Gasteiger partial charge in [-0.15, -0.1) is 11.8 Å². The third-order valence-corrected chi connectivity index (χ3v) is 4.69. The van der Waals surface area contributed by atoms with Crippen molar-refractivity contribution in [3.8, 4) is 0 Å². The summed E-state index contributed by atoms with van der Waals surface area (Å²) in [5.41, 5.74) is 0.697. The van der Waals surface area contributed by atoms with Crippen LogP contribution in [0.4, 0.5) is 11.4 Å². The van der Waals surface area contributed by atoms with Crippen LogP contribution < -0.4 is 5.32 Å². The quantitative estimate of drug-likeness (QED) is 0.234. The second-order valence-electron chi connectivity index (χ2n) is 5.16. The summed E-state index contributed by atoms with van der Waals surface area (Å²) in [4.78, 5) is 11.9. The largest absolute Gasteiger partial charge is 0.379 e. The molecule has 25 heavy (non-hydrogen) atoms. The zero-order valence-electron chi connectivity index (χ0n) is 13.5. The summed E-state index contributed by atoms with van der Waals surface area (Å²) < 4.78 is 26.7. The van der Waals surface area contributed by atoms with Gasteiger partial charge in [0.25, 0.3) is 15.8 Å². The molecule has 0 aliphatic rings. The minimum absolute atomic E-state index is 0.112. The van der Waals surface area contributed by atoms with Crippen LogP contribution in [-0.2, 0) is 20.9 Å². The molecular formula is C16H18N2O5S2. The van der Waals surface area contributed by atoms with Gasteiger partial charge in [0.15, 0.2) is 0 Å². The van der Waals surface area contributed by atoms with E-state index >= 15 is 0 Å². The number of benzene rings is 2. The van der Waals surface area contributed by atoms with E-state index in [1.165, 1.54) is 6.07 Å². The average Bonchev–Trinajstić information content (AvgIpc) is 2.57. The number of hydrogen-bond donors (Lipinski definition) is 1. The fraction of sp³-hybridized carbons (Fsp3) is 0.250. The van der Waals surface area contributed by atoms with E-state index in [1.807, 2.05) is 30.3 Å². The Bertz CT molecular complexity index is 826. The molecule has 9 heteroatoms. The van der Waals surface area contributed by atoms with Crippen molar-refractivity contribution >= 4 is 33.3 Å². The minimum atomic E-state index is -3.60. The Morgan fingerprint density at radius 3 is 2.56 bits per heavy atom. The fourth-order valence-electron chi connectivity index (χ4n) is 2.01. The summed E-state index contributed by atoms with van der Waals surface area (Å²) >= 11 is 1.65. The first-order chi connectivity index (χ1) is 11.8. The van der Waals surface area contributed by atoms with Crippen molar-refractivity contribution in [1.29, 1.82) is 0 Å². The maximum atomic E-state index is 11.2. The lowest BCUT2D eigenvalue weighted by atomic mass is 10.2. The molecule has 2 rings (SSSR count). The summed E-state index contributed by atoms with van der Waals surface area (Å²) in [6.45, 7) is 0.323. The van der Waals surface area contributed by atoms with Crippen LogP contribution in [0.2, 0.25) is 0 Å². The Morgan fingerprint density at radius 1 is 1.20 bits per heavy atom. The lowest BCUT2D eigenvalue weighted by Crippen LogP contribution is -2.07. The normalized spacial score (nSPS) is 11.2. The van der Waals surface area contributed by atoms with Crippen LogP contribution in [0.1, 0.15) is 5.56 Å². The molecule has 1 N–H and O–H groups in total. The molecule has 0 spiro atoms. The molecule has 0 bridgehead atoms. The van der Waals surface area contributed by atoms with E-state index in [-0.39, 0.29) is 12.3 Å². The zero-order chi connectivity index (χ0) is 18.3. The molecule has 0 radical (unpaired) electrons. The molecule has 0 saturated carbocycles. The third kappa shape index (κ3) is 6.73. The molecule has 0 heterocycles. The Hall–Kier alpha value is -2.10. The average molecular weight is 382 g/mol. The highest BCUT2D eigenvalue weighted by molar-refractivity contribution is 7.99. The molecule has 0 fully saturated rings. The molecule has 7 nitrogen and oxygen atoms in total. The monoisotopic (exact) mass is 382 g/mol. The molecule has 0 aliphatic carbocycles. The molecule has 2 aromatic rings. The van der Waals surface area contributed by atoms with E-state index in [1.54, 1.807) is 23.9 Å². The number of thioether (sulfide) groups is 1. The number of anilines is 1. The topological polar surface area (TPSA) is 98.5 Å². The van der Waals surface area contributed by atoms with Crippen molar-refractivity contribution in [2.24, 2.45) is 0 Å². The van der Waals surface area contributed by atoms with Crippen molar-refractivity contribution in [3.63, 3.8) is 0 Å². The van der Waals surface area contributed by atoms with E-state index in [4.69, 9.17) is 0 Å². The third-order valence-electron chi connectivity index (χ3n) is 3.13. The standard InChI is InChI=1S/C16H18N2O5S2/c1-25(21,22)23-12-13-7-8-15(16(11-13)18(19)20)17-9-10-24-14-5-3-2-4-6-14/h2-8,11,17H,9-10,12H2,1H3. The number of nitrogens with zero attached hydrogens (tertiary/aromatic N) is 1. The number of nitrogens with one attached hydrogen (secondary N) is 1. The van der Waals surface area contributed by atoms with Gasteiger partial charge < -0.3 is 5.32 Å². The van der Waals surface area contributed by atoms with E-state index in [0.717, 1.165) is 16.9 Å². The molecular weight excluding hydrogens is 364 g/mol. The molecule has 0 amide bonds. The van der Waals surface area contributed by atoms with Crippen LogP contribution in [-0.4, -0.2) is 31.9 Å². The van der Waals surface area contributed by atoms with Crippen LogP contribution in [0.15, 0.2) is 53.4 Å². The second-order valence-corrected chi connectivity index (χ2v) is 7.98. The zero-order valence-corrected chi connectivity index (χ0v) is 15.2. The first kappa shape index (κ1) is 19.2. The summed E-state index contributed by atoms with van der Waals surface area (Å²) in [6, 6.07) is 14.3. The summed E-state index contributed by atoms with van der Waals surface area (Å²) in [5.74, 6) is 0.750. The van der Waals surface area contributed by atoms with Crippen LogP contribution >= 0.6 is 11.8 Å². The van der Waals surface area contributed by atoms with Gasteiger partial charge in [-0.3, -0.25) is 14.3 Å². The van der Waals surface area contributed by atoms with Crippen LogP contribution in [0.3, 0.4) is 0 Å². The first-order valence-electron chi connectivity index (χ1n) is 7.38. The number of hydrogen-bond acceptors (Lipinski definition) is 7. The highest BCUT2D eigenvalue weighted by Gasteiger charge is 2.15. The predicted molar refractivity (Wildman–Crippen MR) is 98.4 cm³/mol. The van der Waals surface area contributed by atoms with E-state index < -0.39 is 15.0 Å². The van der Waals surface area contributed by atoms with Gasteiger partial charge in [0.1, 0.15) is 5.69 Å². The maximum absolute atomic E-state index is 11.2. The van der Waals surface area contributed by atoms with Crippen molar-refractivity contribution < 1.29 is 17.5 Å². The SMILES string of the molecule is CS(=O)(=O)OCc1ccc(NCCSc2ccccc2)c([N+](=O)[O-])c1.